The smallest absolute Gasteiger partial charge is 0.171 e. The molecule has 1 aromatic heterocycles. The molecule has 16 heavy (non-hydrogen) atoms. The van der Waals surface area contributed by atoms with Crippen molar-refractivity contribution in [3.05, 3.63) is 16.5 Å². The van der Waals surface area contributed by atoms with Crippen LogP contribution in [0.1, 0.15) is 56.8 Å². The highest BCUT2D eigenvalue weighted by Crippen LogP contribution is 2.36. The lowest BCUT2D eigenvalue weighted by atomic mass is 9.86. The topological polar surface area (TPSA) is 43.1 Å². The lowest BCUT2D eigenvalue weighted by molar-refractivity contribution is 0.0859. The monoisotopic (exact) mass is 239 g/mol. The highest BCUT2D eigenvalue weighted by molar-refractivity contribution is 7.16. The molecule has 0 saturated carbocycles. The van der Waals surface area contributed by atoms with E-state index in [9.17, 15) is 4.79 Å². The van der Waals surface area contributed by atoms with Crippen molar-refractivity contribution in [1.29, 1.82) is 0 Å². The summed E-state index contributed by atoms with van der Waals surface area (Å²) in [7, 11) is 0. The van der Waals surface area contributed by atoms with Gasteiger partial charge in [-0.1, -0.05) is 41.5 Å². The van der Waals surface area contributed by atoms with E-state index in [0.29, 0.717) is 10.6 Å². The molecule has 0 unspecified atom stereocenters. The number of Topliss-reactive ketones (excluding diaryl/α,β-unsaturated/α-hetero) is 1. The van der Waals surface area contributed by atoms with Crippen LogP contribution in [0.4, 0.5) is 5.00 Å². The van der Waals surface area contributed by atoms with Crippen LogP contribution < -0.4 is 5.73 Å². The second-order valence-corrected chi connectivity index (χ2v) is 7.30. The Kier molecular flexibility index (Phi) is 3.21. The third kappa shape index (κ3) is 2.64. The maximum atomic E-state index is 12.2. The van der Waals surface area contributed by atoms with E-state index in [0.717, 1.165) is 4.88 Å². The minimum absolute atomic E-state index is 0.0508. The van der Waals surface area contributed by atoms with Crippen molar-refractivity contribution in [1.82, 2.24) is 0 Å². The van der Waals surface area contributed by atoms with E-state index in [1.807, 2.05) is 26.8 Å². The molecule has 2 nitrogen and oxygen atoms in total. The van der Waals surface area contributed by atoms with Gasteiger partial charge in [0.05, 0.1) is 10.6 Å². The Balaban J connectivity index is 3.18. The number of hydrogen-bond acceptors (Lipinski definition) is 3. The summed E-state index contributed by atoms with van der Waals surface area (Å²) in [5.74, 6) is 0.122. The number of nitrogen functional groups attached to an aromatic ring is 1. The molecule has 0 spiro atoms. The first kappa shape index (κ1) is 13.2. The number of carbonyl (C=O) groups excluding carboxylic acids is 1. The molecule has 0 aliphatic rings. The van der Waals surface area contributed by atoms with Crippen LogP contribution in [0.5, 0.6) is 0 Å². The van der Waals surface area contributed by atoms with Gasteiger partial charge in [-0.2, -0.15) is 0 Å². The molecule has 0 aromatic carbocycles. The minimum Gasteiger partial charge on any atom is -0.390 e. The predicted octanol–water partition coefficient (Wildman–Crippen LogP) is 3.86. The van der Waals surface area contributed by atoms with E-state index in [-0.39, 0.29) is 16.6 Å². The van der Waals surface area contributed by atoms with E-state index in [2.05, 4.69) is 20.8 Å². The first-order valence-corrected chi connectivity index (χ1v) is 6.29. The van der Waals surface area contributed by atoms with Crippen molar-refractivity contribution in [3.8, 4) is 0 Å². The average molecular weight is 239 g/mol. The zero-order chi connectivity index (χ0) is 12.7. The number of thiophene rings is 1. The second kappa shape index (κ2) is 3.88. The average Bonchev–Trinajstić information content (AvgIpc) is 2.43. The molecule has 2 N–H and O–H groups in total. The van der Waals surface area contributed by atoms with Crippen molar-refractivity contribution < 1.29 is 4.79 Å². The van der Waals surface area contributed by atoms with Crippen LogP contribution in [0, 0.1) is 5.41 Å². The summed E-state index contributed by atoms with van der Waals surface area (Å²) in [6.45, 7) is 12.1. The predicted molar refractivity (Wildman–Crippen MR) is 71.2 cm³/mol. The lowest BCUT2D eigenvalue weighted by Crippen LogP contribution is -2.20. The molecular formula is C13H21NOS. The first-order valence-electron chi connectivity index (χ1n) is 5.48. The van der Waals surface area contributed by atoms with Crippen LogP contribution in [0.15, 0.2) is 6.07 Å². The van der Waals surface area contributed by atoms with Gasteiger partial charge in [-0.15, -0.1) is 11.3 Å². The Morgan fingerprint density at radius 1 is 1.19 bits per heavy atom. The molecule has 0 aliphatic carbocycles. The van der Waals surface area contributed by atoms with Gasteiger partial charge in [-0.05, 0) is 11.5 Å². The largest absolute Gasteiger partial charge is 0.390 e. The van der Waals surface area contributed by atoms with Crippen LogP contribution in [-0.2, 0) is 5.41 Å². The van der Waals surface area contributed by atoms with Gasteiger partial charge in [-0.25, -0.2) is 0 Å². The van der Waals surface area contributed by atoms with Gasteiger partial charge in [0.1, 0.15) is 0 Å². The maximum absolute atomic E-state index is 12.2. The summed E-state index contributed by atoms with van der Waals surface area (Å²) in [5, 5.41) is 0.643. The number of carbonyl (C=O) groups is 1. The van der Waals surface area contributed by atoms with Gasteiger partial charge in [0, 0.05) is 10.3 Å². The molecule has 1 rings (SSSR count). The van der Waals surface area contributed by atoms with Gasteiger partial charge in [0.25, 0.3) is 0 Å². The summed E-state index contributed by atoms with van der Waals surface area (Å²) in [6, 6.07) is 1.95. The zero-order valence-corrected chi connectivity index (χ0v) is 11.8. The van der Waals surface area contributed by atoms with Gasteiger partial charge < -0.3 is 5.73 Å². The molecule has 90 valence electrons. The molecule has 1 heterocycles. The van der Waals surface area contributed by atoms with Crippen molar-refractivity contribution in [2.75, 3.05) is 5.73 Å². The van der Waals surface area contributed by atoms with Crippen LogP contribution in [-0.4, -0.2) is 5.78 Å². The SMILES string of the molecule is CC(C)(C)C(=O)c1cc(C(C)(C)C)sc1N. The summed E-state index contributed by atoms with van der Waals surface area (Å²) >= 11 is 1.52. The molecule has 0 saturated heterocycles. The zero-order valence-electron chi connectivity index (χ0n) is 11.0. The van der Waals surface area contributed by atoms with Crippen molar-refractivity contribution in [2.24, 2.45) is 5.41 Å². The lowest BCUT2D eigenvalue weighted by Gasteiger charge is -2.16. The van der Waals surface area contributed by atoms with Crippen LogP contribution in [0.2, 0.25) is 0 Å². The highest BCUT2D eigenvalue weighted by Gasteiger charge is 2.28. The maximum Gasteiger partial charge on any atom is 0.171 e. The highest BCUT2D eigenvalue weighted by atomic mass is 32.1. The number of anilines is 1. The van der Waals surface area contributed by atoms with Crippen molar-refractivity contribution >= 4 is 22.1 Å². The van der Waals surface area contributed by atoms with Gasteiger partial charge in [0.2, 0.25) is 0 Å². The number of hydrogen-bond donors (Lipinski definition) is 1. The van der Waals surface area contributed by atoms with Gasteiger partial charge in [0.15, 0.2) is 5.78 Å². The van der Waals surface area contributed by atoms with E-state index in [1.54, 1.807) is 0 Å². The molecular weight excluding hydrogens is 218 g/mol. The van der Waals surface area contributed by atoms with E-state index in [4.69, 9.17) is 5.73 Å². The third-order valence-corrected chi connectivity index (χ3v) is 3.82. The molecule has 1 aromatic rings. The third-order valence-electron chi connectivity index (χ3n) is 2.43. The fraction of sp³-hybridized carbons (Fsp3) is 0.615. The van der Waals surface area contributed by atoms with Crippen molar-refractivity contribution in [3.63, 3.8) is 0 Å². The summed E-state index contributed by atoms with van der Waals surface area (Å²) < 4.78 is 0. The van der Waals surface area contributed by atoms with Crippen LogP contribution in [0.3, 0.4) is 0 Å². The molecule has 0 amide bonds. The molecule has 0 atom stereocenters. The molecule has 0 radical (unpaired) electrons. The Labute approximate surface area is 102 Å². The number of ketones is 1. The summed E-state index contributed by atoms with van der Waals surface area (Å²) in [4.78, 5) is 13.3. The number of nitrogens with two attached hydrogens (primary N) is 1. The van der Waals surface area contributed by atoms with E-state index < -0.39 is 0 Å². The van der Waals surface area contributed by atoms with E-state index >= 15 is 0 Å². The minimum atomic E-state index is -0.371. The van der Waals surface area contributed by atoms with E-state index in [1.165, 1.54) is 11.3 Å². The Morgan fingerprint density at radius 2 is 1.69 bits per heavy atom. The van der Waals surface area contributed by atoms with Crippen molar-refractivity contribution in [2.45, 2.75) is 47.0 Å². The summed E-state index contributed by atoms with van der Waals surface area (Å²) in [5.41, 5.74) is 6.30. The first-order chi connectivity index (χ1) is 7.03. The summed E-state index contributed by atoms with van der Waals surface area (Å²) in [6.07, 6.45) is 0. The standard InChI is InChI=1S/C13H21NOS/c1-12(2,3)9-7-8(11(14)16-9)10(15)13(4,5)6/h7H,14H2,1-6H3. The normalized spacial score (nSPS) is 12.9. The molecule has 0 fully saturated rings. The fourth-order valence-corrected chi connectivity index (χ4v) is 2.34. The Morgan fingerprint density at radius 3 is 2.00 bits per heavy atom. The quantitative estimate of drug-likeness (QED) is 0.756. The number of rotatable bonds is 1. The molecule has 0 aliphatic heterocycles. The molecule has 0 bridgehead atoms. The Hall–Kier alpha value is -0.830. The van der Waals surface area contributed by atoms with Gasteiger partial charge in [-0.3, -0.25) is 4.79 Å². The van der Waals surface area contributed by atoms with Gasteiger partial charge >= 0.3 is 0 Å². The Bertz CT molecular complexity index is 405. The fourth-order valence-electron chi connectivity index (χ4n) is 1.36. The van der Waals surface area contributed by atoms with Crippen LogP contribution >= 0.6 is 11.3 Å². The second-order valence-electron chi connectivity index (χ2n) is 6.22. The molecule has 3 heteroatoms. The van der Waals surface area contributed by atoms with Crippen LogP contribution in [0.25, 0.3) is 0 Å².